The van der Waals surface area contributed by atoms with Crippen LogP contribution in [0.1, 0.15) is 51.9 Å². The lowest BCUT2D eigenvalue weighted by Gasteiger charge is -2.33. The van der Waals surface area contributed by atoms with Crippen LogP contribution in [0.25, 0.3) is 0 Å². The molecular weight excluding hydrogens is 228 g/mol. The molecule has 18 heavy (non-hydrogen) atoms. The van der Waals surface area contributed by atoms with Crippen LogP contribution in [0.4, 0.5) is 0 Å². The van der Waals surface area contributed by atoms with Gasteiger partial charge in [-0.25, -0.2) is 0 Å². The van der Waals surface area contributed by atoms with Crippen LogP contribution in [0.15, 0.2) is 0 Å². The molecule has 4 heteroatoms. The van der Waals surface area contributed by atoms with E-state index >= 15 is 0 Å². The number of piperidine rings is 1. The van der Waals surface area contributed by atoms with E-state index in [1.807, 2.05) is 0 Å². The number of hydrogen-bond donors (Lipinski definition) is 1. The molecule has 0 bridgehead atoms. The highest BCUT2D eigenvalue weighted by Gasteiger charge is 2.28. The molecule has 1 N–H and O–H groups in total. The maximum Gasteiger partial charge on any atom is 0.234 e. The second-order valence-electron chi connectivity index (χ2n) is 5.64. The number of rotatable bonds is 4. The summed E-state index contributed by atoms with van der Waals surface area (Å²) in [5, 5.41) is 3.09. The summed E-state index contributed by atoms with van der Waals surface area (Å²) in [6.45, 7) is 2.90. The molecule has 1 aliphatic heterocycles. The second kappa shape index (κ2) is 6.32. The first kappa shape index (κ1) is 13.5. The van der Waals surface area contributed by atoms with E-state index in [-0.39, 0.29) is 17.7 Å². The Morgan fingerprint density at radius 3 is 2.44 bits per heavy atom. The Morgan fingerprint density at radius 2 is 1.78 bits per heavy atom. The Labute approximate surface area is 109 Å². The molecule has 1 unspecified atom stereocenters. The topological polar surface area (TPSA) is 49.4 Å². The van der Waals surface area contributed by atoms with Crippen LogP contribution in [-0.4, -0.2) is 41.8 Å². The predicted molar refractivity (Wildman–Crippen MR) is 70.3 cm³/mol. The second-order valence-corrected chi connectivity index (χ2v) is 5.64. The molecule has 0 spiro atoms. The van der Waals surface area contributed by atoms with Crippen molar-refractivity contribution in [2.45, 2.75) is 64.0 Å². The Morgan fingerprint density at radius 1 is 1.11 bits per heavy atom. The molecule has 1 saturated heterocycles. The van der Waals surface area contributed by atoms with Crippen LogP contribution in [0.2, 0.25) is 0 Å². The third-order valence-corrected chi connectivity index (χ3v) is 4.15. The van der Waals surface area contributed by atoms with Crippen LogP contribution in [0.3, 0.4) is 0 Å². The van der Waals surface area contributed by atoms with Gasteiger partial charge < -0.3 is 5.32 Å². The highest BCUT2D eigenvalue weighted by atomic mass is 16.2. The third-order valence-electron chi connectivity index (χ3n) is 4.15. The molecule has 0 aromatic rings. The number of Topliss-reactive ketones (excluding diaryl/α,β-unsaturated/α-hetero) is 1. The van der Waals surface area contributed by atoms with Gasteiger partial charge in [0.15, 0.2) is 0 Å². The van der Waals surface area contributed by atoms with E-state index in [1.165, 1.54) is 12.8 Å². The summed E-state index contributed by atoms with van der Waals surface area (Å²) >= 11 is 0. The zero-order valence-corrected chi connectivity index (χ0v) is 11.3. The lowest BCUT2D eigenvalue weighted by atomic mass is 9.99. The first-order chi connectivity index (χ1) is 8.66. The molecule has 4 nitrogen and oxygen atoms in total. The van der Waals surface area contributed by atoms with Gasteiger partial charge in [0.2, 0.25) is 5.91 Å². The summed E-state index contributed by atoms with van der Waals surface area (Å²) in [7, 11) is 0. The van der Waals surface area contributed by atoms with Gasteiger partial charge >= 0.3 is 0 Å². The predicted octanol–water partition coefficient (Wildman–Crippen LogP) is 1.49. The van der Waals surface area contributed by atoms with Gasteiger partial charge in [-0.1, -0.05) is 19.3 Å². The normalized spacial score (nSPS) is 26.2. The van der Waals surface area contributed by atoms with Gasteiger partial charge in [-0.3, -0.25) is 14.5 Å². The monoisotopic (exact) mass is 252 g/mol. The summed E-state index contributed by atoms with van der Waals surface area (Å²) in [5.41, 5.74) is 0. The minimum absolute atomic E-state index is 0.0342. The molecular formula is C14H24N2O2. The average molecular weight is 252 g/mol. The molecule has 2 rings (SSSR count). The summed E-state index contributed by atoms with van der Waals surface area (Å²) < 4.78 is 0. The van der Waals surface area contributed by atoms with Crippen LogP contribution in [0, 0.1) is 0 Å². The zero-order valence-electron chi connectivity index (χ0n) is 11.3. The molecule has 2 fully saturated rings. The van der Waals surface area contributed by atoms with Crippen molar-refractivity contribution in [2.24, 2.45) is 0 Å². The summed E-state index contributed by atoms with van der Waals surface area (Å²) in [5.74, 6) is 0.290. The Kier molecular flexibility index (Phi) is 4.75. The van der Waals surface area contributed by atoms with E-state index in [9.17, 15) is 9.59 Å². The SMILES string of the molecule is CC(=O)C1CCCCN1CC(=O)NC1CCCC1. The maximum absolute atomic E-state index is 12.0. The number of carbonyl (C=O) groups excluding carboxylic acids is 2. The number of nitrogens with zero attached hydrogens (tertiary/aromatic N) is 1. The van der Waals surface area contributed by atoms with Gasteiger partial charge in [-0.2, -0.15) is 0 Å². The number of amides is 1. The molecule has 2 aliphatic rings. The minimum Gasteiger partial charge on any atom is -0.352 e. The van der Waals surface area contributed by atoms with Crippen molar-refractivity contribution in [1.82, 2.24) is 10.2 Å². The van der Waals surface area contributed by atoms with Crippen LogP contribution < -0.4 is 5.32 Å². The summed E-state index contributed by atoms with van der Waals surface area (Å²) in [4.78, 5) is 25.6. The Balaban J connectivity index is 1.82. The van der Waals surface area contributed by atoms with Gasteiger partial charge in [-0.05, 0) is 39.2 Å². The lowest BCUT2D eigenvalue weighted by Crippen LogP contribution is -2.49. The van der Waals surface area contributed by atoms with Crippen molar-refractivity contribution >= 4 is 11.7 Å². The Hall–Kier alpha value is -0.900. The van der Waals surface area contributed by atoms with Gasteiger partial charge in [0.25, 0.3) is 0 Å². The maximum atomic E-state index is 12.0. The van der Waals surface area contributed by atoms with Crippen molar-refractivity contribution in [1.29, 1.82) is 0 Å². The molecule has 102 valence electrons. The molecule has 0 radical (unpaired) electrons. The molecule has 0 aromatic heterocycles. The van der Waals surface area contributed by atoms with Gasteiger partial charge in [-0.15, -0.1) is 0 Å². The molecule has 1 saturated carbocycles. The van der Waals surface area contributed by atoms with Gasteiger partial charge in [0.1, 0.15) is 5.78 Å². The Bertz CT molecular complexity index is 311. The fraction of sp³-hybridized carbons (Fsp3) is 0.857. The van der Waals surface area contributed by atoms with Crippen molar-refractivity contribution in [3.63, 3.8) is 0 Å². The number of carbonyl (C=O) groups is 2. The van der Waals surface area contributed by atoms with Crippen molar-refractivity contribution < 1.29 is 9.59 Å². The summed E-state index contributed by atoms with van der Waals surface area (Å²) in [6.07, 6.45) is 7.79. The molecule has 1 atom stereocenters. The third kappa shape index (κ3) is 3.55. The average Bonchev–Trinajstić information content (AvgIpc) is 2.82. The van der Waals surface area contributed by atoms with E-state index in [4.69, 9.17) is 0 Å². The van der Waals surface area contributed by atoms with Crippen molar-refractivity contribution in [2.75, 3.05) is 13.1 Å². The molecule has 0 aromatic carbocycles. The summed E-state index contributed by atoms with van der Waals surface area (Å²) in [6, 6.07) is 0.339. The zero-order chi connectivity index (χ0) is 13.0. The number of likely N-dealkylation sites (tertiary alicyclic amines) is 1. The van der Waals surface area contributed by atoms with Gasteiger partial charge in [0, 0.05) is 6.04 Å². The van der Waals surface area contributed by atoms with E-state index < -0.39 is 0 Å². The van der Waals surface area contributed by atoms with Crippen LogP contribution in [0.5, 0.6) is 0 Å². The fourth-order valence-corrected chi connectivity index (χ4v) is 3.17. The standard InChI is InChI=1S/C14H24N2O2/c1-11(17)13-8-4-5-9-16(13)10-14(18)15-12-6-2-3-7-12/h12-13H,2-10H2,1H3,(H,15,18). The number of ketones is 1. The van der Waals surface area contributed by atoms with E-state index in [0.717, 1.165) is 38.6 Å². The number of nitrogens with one attached hydrogen (secondary N) is 1. The first-order valence-electron chi connectivity index (χ1n) is 7.20. The van der Waals surface area contributed by atoms with Crippen LogP contribution in [-0.2, 0) is 9.59 Å². The highest BCUT2D eigenvalue weighted by Crippen LogP contribution is 2.19. The molecule has 1 amide bonds. The molecule has 1 aliphatic carbocycles. The smallest absolute Gasteiger partial charge is 0.234 e. The quantitative estimate of drug-likeness (QED) is 0.824. The van der Waals surface area contributed by atoms with Crippen LogP contribution >= 0.6 is 0 Å². The minimum atomic E-state index is -0.0342. The first-order valence-corrected chi connectivity index (χ1v) is 7.20. The van der Waals surface area contributed by atoms with E-state index in [0.29, 0.717) is 12.6 Å². The molecule has 1 heterocycles. The van der Waals surface area contributed by atoms with E-state index in [1.54, 1.807) is 6.92 Å². The van der Waals surface area contributed by atoms with E-state index in [2.05, 4.69) is 10.2 Å². The number of hydrogen-bond acceptors (Lipinski definition) is 3. The van der Waals surface area contributed by atoms with Crippen molar-refractivity contribution in [3.8, 4) is 0 Å². The van der Waals surface area contributed by atoms with Crippen molar-refractivity contribution in [3.05, 3.63) is 0 Å². The largest absolute Gasteiger partial charge is 0.352 e. The lowest BCUT2D eigenvalue weighted by molar-refractivity contribution is -0.127. The highest BCUT2D eigenvalue weighted by molar-refractivity contribution is 5.83. The fourth-order valence-electron chi connectivity index (χ4n) is 3.17. The van der Waals surface area contributed by atoms with Gasteiger partial charge in [0.05, 0.1) is 12.6 Å².